The Bertz CT molecular complexity index is 4490. The SMILES string of the molecule is Cc1c(-c2cccnc2)nc2cc(F)cc(F)c2c1Cl.Cc1c(-c2cccnc2)nc2cc(F)cc(F)c2c1Nc1cc(N2CCOC[C@@H]2C)cnc1N1CCOCC1.Cc1c(-c2cccnc2)nc2cc(F)cc(F)c2c1Nc1cc(N2CCOC[C@H]2C)cnc1N1CCOCC1. The minimum Gasteiger partial charge on any atom is -0.378 e. The number of fused-ring (bicyclic) bond motifs is 3. The predicted molar refractivity (Wildman–Crippen MR) is 370 cm³/mol. The minimum atomic E-state index is -0.710. The highest BCUT2D eigenvalue weighted by atomic mass is 35.5. The average molecular weight is 1360 g/mol. The molecular formula is C73H69ClF6N14O4. The topological polar surface area (TPSA) is 177 Å². The molecule has 0 amide bonds. The van der Waals surface area contributed by atoms with Gasteiger partial charge in [-0.15, -0.1) is 0 Å². The van der Waals surface area contributed by atoms with Crippen LogP contribution in [0.3, 0.4) is 0 Å². The van der Waals surface area contributed by atoms with Crippen LogP contribution in [0.25, 0.3) is 66.5 Å². The third-order valence-corrected chi connectivity index (χ3v) is 18.2. The van der Waals surface area contributed by atoms with Crippen LogP contribution < -0.4 is 30.2 Å². The van der Waals surface area contributed by atoms with E-state index >= 15 is 8.78 Å². The van der Waals surface area contributed by atoms with Crippen LogP contribution in [0.15, 0.2) is 135 Å². The van der Waals surface area contributed by atoms with Crippen molar-refractivity contribution in [3.63, 3.8) is 0 Å². The highest BCUT2D eigenvalue weighted by molar-refractivity contribution is 6.36. The Morgan fingerprint density at radius 3 is 1.16 bits per heavy atom. The van der Waals surface area contributed by atoms with E-state index in [1.165, 1.54) is 18.2 Å². The molecular weight excluding hydrogens is 1290 g/mol. The molecule has 3 aromatic carbocycles. The summed E-state index contributed by atoms with van der Waals surface area (Å²) < 4.78 is 109. The summed E-state index contributed by atoms with van der Waals surface area (Å²) in [5.41, 5.74) is 11.1. The standard InChI is InChI=1S/2C29H30F2N6O2.C15H9ClF2N2/c2*1-18-17-39-11-8-37(18)22-14-25(29(33-16-22)36-6-9-38-10-7-36)35-28-19(2)27(20-4-3-5-32-15-20)34-24-13-21(30)12-23(31)26(24)28;1-8-14(16)13-11(18)5-10(17)6-12(13)20-15(8)9-3-2-4-19-7-9/h2*3-5,12-16,18H,6-11,17H2,1-2H3,(H,34,35);2-7H,1H3/t2*18-;/m10./s1. The Morgan fingerprint density at radius 2 is 0.796 bits per heavy atom. The van der Waals surface area contributed by atoms with Gasteiger partial charge in [-0.1, -0.05) is 11.6 Å². The number of rotatable bonds is 11. The van der Waals surface area contributed by atoms with Crippen LogP contribution in [-0.2, 0) is 18.9 Å². The highest BCUT2D eigenvalue weighted by Crippen LogP contribution is 2.43. The average Bonchev–Trinajstić information content (AvgIpc) is 0.769. The van der Waals surface area contributed by atoms with Crippen molar-refractivity contribution < 1.29 is 45.3 Å². The lowest BCUT2D eigenvalue weighted by Gasteiger charge is -2.36. The molecule has 4 saturated heterocycles. The molecule has 2 atom stereocenters. The molecule has 11 aromatic rings. The monoisotopic (exact) mass is 1350 g/mol. The smallest absolute Gasteiger partial charge is 0.152 e. The van der Waals surface area contributed by atoms with Gasteiger partial charge in [0.25, 0.3) is 0 Å². The molecule has 0 aliphatic carbocycles. The summed E-state index contributed by atoms with van der Waals surface area (Å²) in [6, 6.07) is 21.7. The van der Waals surface area contributed by atoms with Crippen LogP contribution in [0.1, 0.15) is 30.5 Å². The van der Waals surface area contributed by atoms with Gasteiger partial charge >= 0.3 is 0 Å². The summed E-state index contributed by atoms with van der Waals surface area (Å²) >= 11 is 6.22. The number of hydrogen-bond acceptors (Lipinski definition) is 18. The lowest BCUT2D eigenvalue weighted by molar-refractivity contribution is 0.0989. The van der Waals surface area contributed by atoms with Crippen molar-refractivity contribution in [3.8, 4) is 33.8 Å². The normalized spacial score (nSPS) is 16.6. The first kappa shape index (κ1) is 66.8. The number of ether oxygens (including phenoxy) is 4. The molecule has 0 bridgehead atoms. The summed E-state index contributed by atoms with van der Waals surface area (Å²) in [4.78, 5) is 44.7. The number of nitrogens with zero attached hydrogens (tertiary/aromatic N) is 12. The number of hydrogen-bond donors (Lipinski definition) is 2. The number of aromatic nitrogens is 8. The van der Waals surface area contributed by atoms with E-state index in [9.17, 15) is 17.6 Å². The van der Waals surface area contributed by atoms with Gasteiger partial charge in [0.15, 0.2) is 11.6 Å². The lowest BCUT2D eigenvalue weighted by atomic mass is 10.0. The zero-order valence-electron chi connectivity index (χ0n) is 54.4. The Balaban J connectivity index is 0.000000139. The largest absolute Gasteiger partial charge is 0.378 e. The van der Waals surface area contributed by atoms with Gasteiger partial charge in [0.05, 0.1) is 154 Å². The fourth-order valence-corrected chi connectivity index (χ4v) is 13.1. The molecule has 4 fully saturated rings. The minimum absolute atomic E-state index is 0.137. The second-order valence-corrected chi connectivity index (χ2v) is 24.6. The number of benzene rings is 3. The summed E-state index contributed by atoms with van der Waals surface area (Å²) in [6.45, 7) is 18.9. The van der Waals surface area contributed by atoms with Crippen LogP contribution in [0.4, 0.5) is 72.1 Å². The lowest BCUT2D eigenvalue weighted by Crippen LogP contribution is -2.44. The zero-order valence-corrected chi connectivity index (χ0v) is 55.2. The number of halogens is 7. The second kappa shape index (κ2) is 29.5. The molecule has 98 heavy (non-hydrogen) atoms. The fraction of sp³-hybridized carbons (Fsp3) is 0.288. The van der Waals surface area contributed by atoms with E-state index in [0.717, 1.165) is 93.5 Å². The van der Waals surface area contributed by atoms with Crippen molar-refractivity contribution in [2.75, 3.05) is 122 Å². The number of morpholine rings is 4. The Labute approximate surface area is 566 Å². The van der Waals surface area contributed by atoms with Crippen molar-refractivity contribution in [2.24, 2.45) is 0 Å². The number of nitrogens with one attached hydrogen (secondary N) is 2. The van der Waals surface area contributed by atoms with Gasteiger partial charge < -0.3 is 49.2 Å². The first-order valence-corrected chi connectivity index (χ1v) is 32.6. The van der Waals surface area contributed by atoms with E-state index in [1.807, 2.05) is 56.6 Å². The molecule has 18 nitrogen and oxygen atoms in total. The van der Waals surface area contributed by atoms with Crippen molar-refractivity contribution >= 4 is 90.1 Å². The van der Waals surface area contributed by atoms with Crippen molar-refractivity contribution in [2.45, 2.75) is 46.7 Å². The maximum absolute atomic E-state index is 15.4. The third-order valence-electron chi connectivity index (χ3n) is 17.7. The third kappa shape index (κ3) is 14.1. The van der Waals surface area contributed by atoms with Crippen LogP contribution in [0, 0.1) is 55.7 Å². The molecule has 0 radical (unpaired) electrons. The molecule has 2 N–H and O–H groups in total. The summed E-state index contributed by atoms with van der Waals surface area (Å²) in [5, 5.41) is 7.86. The first-order chi connectivity index (χ1) is 47.6. The molecule has 12 heterocycles. The summed E-state index contributed by atoms with van der Waals surface area (Å²) in [7, 11) is 0. The first-order valence-electron chi connectivity index (χ1n) is 32.2. The van der Waals surface area contributed by atoms with Crippen LogP contribution in [0.2, 0.25) is 5.02 Å². The van der Waals surface area contributed by atoms with Gasteiger partial charge in [-0.05, 0) is 99.8 Å². The van der Waals surface area contributed by atoms with Crippen molar-refractivity contribution in [1.29, 1.82) is 0 Å². The van der Waals surface area contributed by atoms with Crippen molar-refractivity contribution in [3.05, 3.63) is 191 Å². The zero-order chi connectivity index (χ0) is 68.1. The van der Waals surface area contributed by atoms with Crippen LogP contribution >= 0.6 is 11.6 Å². The molecule has 8 aromatic heterocycles. The van der Waals surface area contributed by atoms with Crippen molar-refractivity contribution in [1.82, 2.24) is 39.9 Å². The van der Waals surface area contributed by atoms with E-state index in [-0.39, 0.29) is 49.8 Å². The Hall–Kier alpha value is -9.85. The molecule has 15 rings (SSSR count). The summed E-state index contributed by atoms with van der Waals surface area (Å²) in [5.74, 6) is -2.62. The predicted octanol–water partition coefficient (Wildman–Crippen LogP) is 14.7. The van der Waals surface area contributed by atoms with Gasteiger partial charge in [0.2, 0.25) is 0 Å². The molecule has 0 spiro atoms. The Morgan fingerprint density at radius 1 is 0.439 bits per heavy atom. The van der Waals surface area contributed by atoms with Crippen LogP contribution in [0.5, 0.6) is 0 Å². The maximum Gasteiger partial charge on any atom is 0.152 e. The summed E-state index contributed by atoms with van der Waals surface area (Å²) in [6.07, 6.45) is 13.8. The van der Waals surface area contributed by atoms with Gasteiger partial charge in [-0.25, -0.2) is 51.3 Å². The molecule has 4 aliphatic rings. The second-order valence-electron chi connectivity index (χ2n) is 24.2. The quantitative estimate of drug-likeness (QED) is 0.117. The Kier molecular flexibility index (Phi) is 20.1. The maximum atomic E-state index is 15.4. The molecule has 0 unspecified atom stereocenters. The molecule has 504 valence electrons. The van der Waals surface area contributed by atoms with Gasteiger partial charge in [-0.3, -0.25) is 15.0 Å². The van der Waals surface area contributed by atoms with Gasteiger partial charge in [0.1, 0.15) is 34.9 Å². The van der Waals surface area contributed by atoms with E-state index in [2.05, 4.69) is 86.1 Å². The molecule has 4 aliphatic heterocycles. The van der Waals surface area contributed by atoms with E-state index < -0.39 is 34.9 Å². The number of anilines is 8. The molecule has 0 saturated carbocycles. The van der Waals surface area contributed by atoms with E-state index in [4.69, 9.17) is 40.5 Å². The van der Waals surface area contributed by atoms with Gasteiger partial charge in [-0.2, -0.15) is 0 Å². The molecule has 25 heteroatoms. The fourth-order valence-electron chi connectivity index (χ4n) is 12.8. The highest BCUT2D eigenvalue weighted by Gasteiger charge is 2.29. The van der Waals surface area contributed by atoms with E-state index in [0.29, 0.717) is 113 Å². The number of pyridine rings is 8. The van der Waals surface area contributed by atoms with Crippen LogP contribution in [-0.4, -0.2) is 144 Å². The van der Waals surface area contributed by atoms with Gasteiger partial charge in [0, 0.05) is 142 Å². The van der Waals surface area contributed by atoms with E-state index in [1.54, 1.807) is 50.2 Å².